The summed E-state index contributed by atoms with van der Waals surface area (Å²) in [6.45, 7) is 0. The molecule has 1 aliphatic carbocycles. The highest BCUT2D eigenvalue weighted by molar-refractivity contribution is 5.38. The number of hydrogen-bond acceptors (Lipinski definition) is 2. The molecule has 0 amide bonds. The molecule has 2 atom stereocenters. The van der Waals surface area contributed by atoms with E-state index in [9.17, 15) is 18.0 Å². The van der Waals surface area contributed by atoms with Crippen LogP contribution >= 0.6 is 0 Å². The topological polar surface area (TPSA) is 29.4 Å². The van der Waals surface area contributed by atoms with Crippen LogP contribution in [0.4, 0.5) is 13.2 Å². The van der Waals surface area contributed by atoms with E-state index in [1.54, 1.807) is 0 Å². The quantitative estimate of drug-likeness (QED) is 0.564. The Hall–Kier alpha value is -1.61. The van der Waals surface area contributed by atoms with Crippen LogP contribution < -0.4 is 0 Å². The van der Waals surface area contributed by atoms with Gasteiger partial charge in [-0.1, -0.05) is 12.1 Å². The highest BCUT2D eigenvalue weighted by atomic mass is 19.4. The Kier molecular flexibility index (Phi) is 2.56. The van der Waals surface area contributed by atoms with E-state index in [-0.39, 0.29) is 12.0 Å². The summed E-state index contributed by atoms with van der Waals surface area (Å²) in [5, 5.41) is 0. The molecule has 1 aromatic carbocycles. The molecule has 1 fully saturated rings. The molecule has 0 radical (unpaired) electrons. The summed E-state index contributed by atoms with van der Waals surface area (Å²) in [6.07, 6.45) is -2.13. The molecule has 5 heteroatoms. The third kappa shape index (κ3) is 2.14. The van der Waals surface area contributed by atoms with Crippen LogP contribution in [0, 0.1) is 0 Å². The second kappa shape index (κ2) is 3.76. The third-order valence-electron chi connectivity index (χ3n) is 2.64. The van der Waals surface area contributed by atoms with Crippen molar-refractivity contribution in [3.05, 3.63) is 35.4 Å². The Morgan fingerprint density at radius 2 is 1.88 bits per heavy atom. The van der Waals surface area contributed by atoms with E-state index < -0.39 is 11.7 Å². The first-order valence-corrected chi connectivity index (χ1v) is 4.76. The molecule has 1 aliphatic rings. The molecular weight excluding hydrogens is 219 g/mol. The van der Waals surface area contributed by atoms with Crippen LogP contribution in [0.5, 0.6) is 0 Å². The van der Waals surface area contributed by atoms with Gasteiger partial charge in [0.2, 0.25) is 6.08 Å². The van der Waals surface area contributed by atoms with Crippen molar-refractivity contribution in [2.24, 2.45) is 4.99 Å². The SMILES string of the molecule is O=C=NC1C[C@H]1c1ccc(C(F)(F)F)cc1. The van der Waals surface area contributed by atoms with Gasteiger partial charge in [0.25, 0.3) is 0 Å². The fraction of sp³-hybridized carbons (Fsp3) is 0.364. The number of carbonyl (C=O) groups excluding carboxylic acids is 1. The lowest BCUT2D eigenvalue weighted by Gasteiger charge is -2.06. The number of isocyanates is 1. The second-order valence-electron chi connectivity index (χ2n) is 3.75. The van der Waals surface area contributed by atoms with E-state index in [4.69, 9.17) is 0 Å². The maximum absolute atomic E-state index is 12.3. The van der Waals surface area contributed by atoms with Crippen LogP contribution in [0.1, 0.15) is 23.5 Å². The number of nitrogens with zero attached hydrogens (tertiary/aromatic N) is 1. The average molecular weight is 227 g/mol. The van der Waals surface area contributed by atoms with Crippen molar-refractivity contribution in [3.63, 3.8) is 0 Å². The molecule has 0 aromatic heterocycles. The van der Waals surface area contributed by atoms with Gasteiger partial charge in [0.15, 0.2) is 0 Å². The summed E-state index contributed by atoms with van der Waals surface area (Å²) in [4.78, 5) is 13.5. The summed E-state index contributed by atoms with van der Waals surface area (Å²) in [5.74, 6) is 0.0729. The lowest BCUT2D eigenvalue weighted by molar-refractivity contribution is -0.137. The molecule has 1 unspecified atom stereocenters. The molecule has 0 heterocycles. The van der Waals surface area contributed by atoms with Gasteiger partial charge in [-0.05, 0) is 24.1 Å². The fourth-order valence-electron chi connectivity index (χ4n) is 1.67. The Morgan fingerprint density at radius 1 is 1.25 bits per heavy atom. The number of hydrogen-bond donors (Lipinski definition) is 0. The molecule has 16 heavy (non-hydrogen) atoms. The van der Waals surface area contributed by atoms with Gasteiger partial charge in [0.1, 0.15) is 0 Å². The first-order valence-electron chi connectivity index (χ1n) is 4.76. The first kappa shape index (κ1) is 10.9. The summed E-state index contributed by atoms with van der Waals surface area (Å²) in [6, 6.07) is 4.88. The summed E-state index contributed by atoms with van der Waals surface area (Å²) in [7, 11) is 0. The predicted octanol–water partition coefficient (Wildman–Crippen LogP) is 2.90. The molecule has 2 nitrogen and oxygen atoms in total. The molecule has 1 saturated carbocycles. The Balaban J connectivity index is 2.13. The van der Waals surface area contributed by atoms with Crippen molar-refractivity contribution in [2.45, 2.75) is 24.6 Å². The molecule has 2 rings (SSSR count). The van der Waals surface area contributed by atoms with Gasteiger partial charge in [-0.2, -0.15) is 13.2 Å². The fourth-order valence-corrected chi connectivity index (χ4v) is 1.67. The molecule has 0 saturated heterocycles. The van der Waals surface area contributed by atoms with E-state index in [2.05, 4.69) is 4.99 Å². The summed E-state index contributed by atoms with van der Waals surface area (Å²) >= 11 is 0. The highest BCUT2D eigenvalue weighted by Gasteiger charge is 2.39. The maximum atomic E-state index is 12.3. The first-order chi connectivity index (χ1) is 7.52. The summed E-state index contributed by atoms with van der Waals surface area (Å²) in [5.41, 5.74) is 0.129. The van der Waals surface area contributed by atoms with Gasteiger partial charge in [-0.25, -0.2) is 9.79 Å². The van der Waals surface area contributed by atoms with Crippen LogP contribution in [0.15, 0.2) is 29.3 Å². The van der Waals surface area contributed by atoms with Gasteiger partial charge < -0.3 is 0 Å². The molecule has 1 aromatic rings. The summed E-state index contributed by atoms with van der Waals surface area (Å²) < 4.78 is 36.8. The zero-order chi connectivity index (χ0) is 11.8. The Bertz CT molecular complexity index is 432. The van der Waals surface area contributed by atoms with Crippen molar-refractivity contribution >= 4 is 6.08 Å². The molecule has 0 aliphatic heterocycles. The molecule has 0 bridgehead atoms. The molecule has 0 N–H and O–H groups in total. The minimum absolute atomic E-state index is 0.0729. The van der Waals surface area contributed by atoms with Gasteiger partial charge in [-0.15, -0.1) is 0 Å². The predicted molar refractivity (Wildman–Crippen MR) is 50.7 cm³/mol. The van der Waals surface area contributed by atoms with Crippen molar-refractivity contribution in [1.82, 2.24) is 0 Å². The van der Waals surface area contributed by atoms with Crippen molar-refractivity contribution in [3.8, 4) is 0 Å². The largest absolute Gasteiger partial charge is 0.416 e. The van der Waals surface area contributed by atoms with Gasteiger partial charge >= 0.3 is 6.18 Å². The van der Waals surface area contributed by atoms with Gasteiger partial charge in [-0.3, -0.25) is 0 Å². The number of benzene rings is 1. The maximum Gasteiger partial charge on any atom is 0.416 e. The third-order valence-corrected chi connectivity index (χ3v) is 2.64. The van der Waals surface area contributed by atoms with Gasteiger partial charge in [0.05, 0.1) is 11.6 Å². The Labute approximate surface area is 89.8 Å². The van der Waals surface area contributed by atoms with E-state index in [0.29, 0.717) is 6.42 Å². The van der Waals surface area contributed by atoms with Crippen LogP contribution in [0.25, 0.3) is 0 Å². The highest BCUT2D eigenvalue weighted by Crippen LogP contribution is 2.43. The zero-order valence-electron chi connectivity index (χ0n) is 8.16. The molecule has 84 valence electrons. The van der Waals surface area contributed by atoms with Crippen LogP contribution in [-0.4, -0.2) is 12.1 Å². The van der Waals surface area contributed by atoms with Crippen LogP contribution in [-0.2, 0) is 11.0 Å². The van der Waals surface area contributed by atoms with Crippen molar-refractivity contribution in [2.75, 3.05) is 0 Å². The standard InChI is InChI=1S/C11H8F3NO/c12-11(13,14)8-3-1-7(2-4-8)9-5-10(9)15-6-16/h1-4,9-10H,5H2/t9-,10?/m0/s1. The lowest BCUT2D eigenvalue weighted by Crippen LogP contribution is -2.04. The van der Waals surface area contributed by atoms with Crippen LogP contribution in [0.2, 0.25) is 0 Å². The second-order valence-corrected chi connectivity index (χ2v) is 3.75. The lowest BCUT2D eigenvalue weighted by atomic mass is 10.1. The van der Waals surface area contributed by atoms with Crippen molar-refractivity contribution < 1.29 is 18.0 Å². The molecule has 0 spiro atoms. The minimum atomic E-state index is -4.30. The van der Waals surface area contributed by atoms with Crippen LogP contribution in [0.3, 0.4) is 0 Å². The number of rotatable bonds is 2. The molecular formula is C11H8F3NO. The van der Waals surface area contributed by atoms with Gasteiger partial charge in [0, 0.05) is 5.92 Å². The van der Waals surface area contributed by atoms with Crippen molar-refractivity contribution in [1.29, 1.82) is 0 Å². The Morgan fingerprint density at radius 3 is 2.38 bits per heavy atom. The zero-order valence-corrected chi connectivity index (χ0v) is 8.16. The monoisotopic (exact) mass is 227 g/mol. The van der Waals surface area contributed by atoms with E-state index in [0.717, 1.165) is 17.7 Å². The minimum Gasteiger partial charge on any atom is -0.211 e. The normalized spacial score (nSPS) is 23.7. The number of aliphatic imine (C=N–C) groups is 1. The van der Waals surface area contributed by atoms with E-state index in [1.165, 1.54) is 18.2 Å². The smallest absolute Gasteiger partial charge is 0.211 e. The number of alkyl halides is 3. The number of halogens is 3. The van der Waals surface area contributed by atoms with E-state index in [1.807, 2.05) is 0 Å². The van der Waals surface area contributed by atoms with E-state index >= 15 is 0 Å². The average Bonchev–Trinajstić information content (AvgIpc) is 2.97.